The molecule has 0 aliphatic heterocycles. The highest BCUT2D eigenvalue weighted by molar-refractivity contribution is 6.35. The number of hydrogen-bond acceptors (Lipinski definition) is 4. The smallest absolute Gasteiger partial charge is 0.218 e. The molecule has 0 saturated heterocycles. The number of hydrogen-bond donors (Lipinski definition) is 1. The molecule has 0 aliphatic carbocycles. The third kappa shape index (κ3) is 3.52. The molecule has 1 heterocycles. The van der Waals surface area contributed by atoms with Gasteiger partial charge in [0.15, 0.2) is 0 Å². The molecule has 1 N–H and O–H groups in total. The Hall–Kier alpha value is -1.52. The first-order valence-electron chi connectivity index (χ1n) is 6.10. The Kier molecular flexibility index (Phi) is 4.68. The maximum Gasteiger partial charge on any atom is 0.218 e. The van der Waals surface area contributed by atoms with Crippen LogP contribution in [0.1, 0.15) is 24.4 Å². The number of halogens is 2. The van der Waals surface area contributed by atoms with Crippen LogP contribution in [0.4, 0.5) is 5.82 Å². The van der Waals surface area contributed by atoms with Gasteiger partial charge >= 0.3 is 0 Å². The standard InChI is InChI=1S/C14H15Cl2N3O/c1-8(11-5-4-10(15)6-12(11)16)17-13-7-14(20-3)19-9(2)18-13/h4-8H,1-3H3,(H,17,18,19). The van der Waals surface area contributed by atoms with Crippen molar-refractivity contribution in [3.8, 4) is 5.88 Å². The van der Waals surface area contributed by atoms with Crippen LogP contribution in [0.25, 0.3) is 0 Å². The minimum absolute atomic E-state index is 0.0150. The van der Waals surface area contributed by atoms with Crippen molar-refractivity contribution in [3.63, 3.8) is 0 Å². The molecule has 6 heteroatoms. The lowest BCUT2D eigenvalue weighted by Gasteiger charge is -2.17. The van der Waals surface area contributed by atoms with E-state index in [2.05, 4.69) is 15.3 Å². The molecule has 4 nitrogen and oxygen atoms in total. The fraction of sp³-hybridized carbons (Fsp3) is 0.286. The van der Waals surface area contributed by atoms with Crippen LogP contribution in [-0.4, -0.2) is 17.1 Å². The number of rotatable bonds is 4. The van der Waals surface area contributed by atoms with E-state index in [-0.39, 0.29) is 6.04 Å². The van der Waals surface area contributed by atoms with Crippen LogP contribution >= 0.6 is 23.2 Å². The number of nitrogens with zero attached hydrogens (tertiary/aromatic N) is 2. The van der Waals surface area contributed by atoms with Crippen molar-refractivity contribution < 1.29 is 4.74 Å². The summed E-state index contributed by atoms with van der Waals surface area (Å²) in [6.07, 6.45) is 0. The van der Waals surface area contributed by atoms with Gasteiger partial charge < -0.3 is 10.1 Å². The Morgan fingerprint density at radius 3 is 2.60 bits per heavy atom. The van der Waals surface area contributed by atoms with Crippen molar-refractivity contribution in [2.24, 2.45) is 0 Å². The van der Waals surface area contributed by atoms with Gasteiger partial charge in [-0.2, -0.15) is 4.98 Å². The fourth-order valence-electron chi connectivity index (χ4n) is 1.87. The second-order valence-corrected chi connectivity index (χ2v) is 5.22. The molecule has 1 aromatic heterocycles. The third-order valence-electron chi connectivity index (χ3n) is 2.82. The van der Waals surface area contributed by atoms with E-state index in [0.29, 0.717) is 27.6 Å². The SMILES string of the molecule is COc1cc(NC(C)c2ccc(Cl)cc2Cl)nc(C)n1. The van der Waals surface area contributed by atoms with Gasteiger partial charge in [0, 0.05) is 16.1 Å². The van der Waals surface area contributed by atoms with E-state index in [1.165, 1.54) is 0 Å². The van der Waals surface area contributed by atoms with Crippen molar-refractivity contribution in [1.29, 1.82) is 0 Å². The van der Waals surface area contributed by atoms with Gasteiger partial charge in [-0.15, -0.1) is 0 Å². The molecule has 1 unspecified atom stereocenters. The molecule has 0 saturated carbocycles. The van der Waals surface area contributed by atoms with Crippen LogP contribution in [0.2, 0.25) is 10.0 Å². The zero-order valence-electron chi connectivity index (χ0n) is 11.4. The van der Waals surface area contributed by atoms with E-state index < -0.39 is 0 Å². The minimum Gasteiger partial charge on any atom is -0.481 e. The highest BCUT2D eigenvalue weighted by atomic mass is 35.5. The average Bonchev–Trinajstić information content (AvgIpc) is 2.37. The molecule has 106 valence electrons. The molecule has 2 rings (SSSR count). The maximum absolute atomic E-state index is 6.20. The first-order chi connectivity index (χ1) is 9.49. The molecule has 20 heavy (non-hydrogen) atoms. The van der Waals surface area contributed by atoms with Crippen LogP contribution in [0.3, 0.4) is 0 Å². The van der Waals surface area contributed by atoms with E-state index in [1.807, 2.05) is 26.0 Å². The molecule has 0 radical (unpaired) electrons. The Morgan fingerprint density at radius 2 is 1.95 bits per heavy atom. The van der Waals surface area contributed by atoms with Gasteiger partial charge in [0.25, 0.3) is 0 Å². The number of methoxy groups -OCH3 is 1. The molecule has 0 amide bonds. The summed E-state index contributed by atoms with van der Waals surface area (Å²) in [5.41, 5.74) is 0.950. The lowest BCUT2D eigenvalue weighted by Crippen LogP contribution is -2.09. The quantitative estimate of drug-likeness (QED) is 0.915. The molecule has 2 aromatic rings. The summed E-state index contributed by atoms with van der Waals surface area (Å²) in [4.78, 5) is 8.47. The van der Waals surface area contributed by atoms with E-state index in [1.54, 1.807) is 19.2 Å². The average molecular weight is 312 g/mol. The molecule has 0 aliphatic rings. The van der Waals surface area contributed by atoms with Gasteiger partial charge in [-0.1, -0.05) is 29.3 Å². The second kappa shape index (κ2) is 6.29. The Labute approximate surface area is 128 Å². The molecule has 1 atom stereocenters. The predicted octanol–water partition coefficient (Wildman–Crippen LogP) is 4.27. The highest BCUT2D eigenvalue weighted by Crippen LogP contribution is 2.28. The van der Waals surface area contributed by atoms with Crippen molar-refractivity contribution in [3.05, 3.63) is 45.7 Å². The van der Waals surface area contributed by atoms with Crippen molar-refractivity contribution in [2.75, 3.05) is 12.4 Å². The van der Waals surface area contributed by atoms with Crippen molar-refractivity contribution in [2.45, 2.75) is 19.9 Å². The first kappa shape index (κ1) is 14.9. The summed E-state index contributed by atoms with van der Waals surface area (Å²) < 4.78 is 5.13. The summed E-state index contributed by atoms with van der Waals surface area (Å²) in [5, 5.41) is 4.51. The first-order valence-corrected chi connectivity index (χ1v) is 6.86. The number of benzene rings is 1. The number of aryl methyl sites for hydroxylation is 1. The van der Waals surface area contributed by atoms with Crippen LogP contribution in [0, 0.1) is 6.92 Å². The molecule has 0 fully saturated rings. The Morgan fingerprint density at radius 1 is 1.20 bits per heavy atom. The van der Waals surface area contributed by atoms with E-state index >= 15 is 0 Å². The molecule has 0 bridgehead atoms. The summed E-state index contributed by atoms with van der Waals surface area (Å²) in [6, 6.07) is 7.16. The van der Waals surface area contributed by atoms with Crippen LogP contribution in [0.15, 0.2) is 24.3 Å². The Bertz CT molecular complexity index is 619. The lowest BCUT2D eigenvalue weighted by atomic mass is 10.1. The van der Waals surface area contributed by atoms with Crippen molar-refractivity contribution >= 4 is 29.0 Å². The molecule has 1 aromatic carbocycles. The second-order valence-electron chi connectivity index (χ2n) is 4.37. The highest BCUT2D eigenvalue weighted by Gasteiger charge is 2.11. The summed E-state index contributed by atoms with van der Waals surface area (Å²) >= 11 is 12.1. The monoisotopic (exact) mass is 311 g/mol. The van der Waals surface area contributed by atoms with Gasteiger partial charge in [-0.3, -0.25) is 0 Å². The summed E-state index contributed by atoms with van der Waals surface area (Å²) in [6.45, 7) is 3.81. The minimum atomic E-state index is -0.0150. The summed E-state index contributed by atoms with van der Waals surface area (Å²) in [5.74, 6) is 1.85. The van der Waals surface area contributed by atoms with Gasteiger partial charge in [-0.05, 0) is 31.5 Å². The van der Waals surface area contributed by atoms with Crippen LogP contribution < -0.4 is 10.1 Å². The normalized spacial score (nSPS) is 12.1. The number of nitrogens with one attached hydrogen (secondary N) is 1. The number of anilines is 1. The number of aromatic nitrogens is 2. The largest absolute Gasteiger partial charge is 0.481 e. The summed E-state index contributed by atoms with van der Waals surface area (Å²) in [7, 11) is 1.57. The van der Waals surface area contributed by atoms with Crippen molar-refractivity contribution in [1.82, 2.24) is 9.97 Å². The number of ether oxygens (including phenoxy) is 1. The topological polar surface area (TPSA) is 47.0 Å². The molecule has 0 spiro atoms. The van der Waals surface area contributed by atoms with E-state index in [9.17, 15) is 0 Å². The molecular weight excluding hydrogens is 297 g/mol. The zero-order valence-corrected chi connectivity index (χ0v) is 13.0. The Balaban J connectivity index is 2.22. The van der Waals surface area contributed by atoms with E-state index in [0.717, 1.165) is 5.56 Å². The fourth-order valence-corrected chi connectivity index (χ4v) is 2.44. The van der Waals surface area contributed by atoms with Gasteiger partial charge in [-0.25, -0.2) is 4.98 Å². The zero-order chi connectivity index (χ0) is 14.7. The third-order valence-corrected chi connectivity index (χ3v) is 3.38. The van der Waals surface area contributed by atoms with Crippen LogP contribution in [0.5, 0.6) is 5.88 Å². The molecular formula is C14H15Cl2N3O. The lowest BCUT2D eigenvalue weighted by molar-refractivity contribution is 0.396. The maximum atomic E-state index is 6.20. The predicted molar refractivity (Wildman–Crippen MR) is 81.8 cm³/mol. The van der Waals surface area contributed by atoms with Gasteiger partial charge in [0.1, 0.15) is 11.6 Å². The van der Waals surface area contributed by atoms with E-state index in [4.69, 9.17) is 27.9 Å². The van der Waals surface area contributed by atoms with Crippen LogP contribution in [-0.2, 0) is 0 Å². The van der Waals surface area contributed by atoms with Gasteiger partial charge in [0.2, 0.25) is 5.88 Å². The van der Waals surface area contributed by atoms with Gasteiger partial charge in [0.05, 0.1) is 13.2 Å².